The molecule has 0 spiro atoms. The van der Waals surface area contributed by atoms with E-state index in [9.17, 15) is 0 Å². The maximum Gasteiger partial charge on any atom is 0.0438 e. The quantitative estimate of drug-likeness (QED) is 0.342. The van der Waals surface area contributed by atoms with Gasteiger partial charge in [0.05, 0.1) is 0 Å². The fraction of sp³-hybridized carbons (Fsp3) is 1.00. The fourth-order valence-electron chi connectivity index (χ4n) is 3.62. The molecule has 0 aromatic heterocycles. The van der Waals surface area contributed by atoms with Crippen LogP contribution in [0.3, 0.4) is 0 Å². The van der Waals surface area contributed by atoms with Gasteiger partial charge in [-0.15, -0.1) is 0 Å². The molecule has 0 heterocycles. The molecule has 0 aromatic carbocycles. The summed E-state index contributed by atoms with van der Waals surface area (Å²) in [4.78, 5) is 0. The molecule has 0 radical (unpaired) electrons. The number of aliphatic hydroxyl groups excluding tert-OH is 1. The zero-order valence-electron chi connectivity index (χ0n) is 14.9. The summed E-state index contributed by atoms with van der Waals surface area (Å²) in [5, 5.41) is 8.70. The van der Waals surface area contributed by atoms with Crippen molar-refractivity contribution in [1.29, 1.82) is 0 Å². The largest absolute Gasteiger partial charge is 0.396 e. The standard InChI is InChI=1S/C20H40OS/c21-17-13-19-22-18-12-7-5-3-1-2-4-6-9-14-20-15-10-8-11-16-20/h20-21H,1-19H2. The third-order valence-corrected chi connectivity index (χ3v) is 6.23. The van der Waals surface area contributed by atoms with Crippen LogP contribution in [-0.2, 0) is 0 Å². The van der Waals surface area contributed by atoms with E-state index in [0.717, 1.165) is 18.1 Å². The first kappa shape index (κ1) is 20.4. The SMILES string of the molecule is OCCCSCCCCCCCCCCCC1CCCCC1. The lowest BCUT2D eigenvalue weighted by molar-refractivity contribution is 0.296. The van der Waals surface area contributed by atoms with E-state index in [1.807, 2.05) is 11.8 Å². The molecule has 0 atom stereocenters. The first-order chi connectivity index (χ1) is 10.9. The summed E-state index contributed by atoms with van der Waals surface area (Å²) in [5.41, 5.74) is 0. The van der Waals surface area contributed by atoms with Crippen molar-refractivity contribution in [2.24, 2.45) is 5.92 Å². The molecule has 22 heavy (non-hydrogen) atoms. The number of rotatable bonds is 15. The number of thioether (sulfide) groups is 1. The van der Waals surface area contributed by atoms with Crippen LogP contribution < -0.4 is 0 Å². The van der Waals surface area contributed by atoms with Gasteiger partial charge < -0.3 is 5.11 Å². The van der Waals surface area contributed by atoms with Crippen LogP contribution in [0.5, 0.6) is 0 Å². The Morgan fingerprint density at radius 2 is 1.18 bits per heavy atom. The molecule has 1 fully saturated rings. The lowest BCUT2D eigenvalue weighted by atomic mass is 9.85. The van der Waals surface area contributed by atoms with Gasteiger partial charge in [0, 0.05) is 6.61 Å². The van der Waals surface area contributed by atoms with Gasteiger partial charge in [-0.25, -0.2) is 0 Å². The molecule has 132 valence electrons. The molecule has 1 saturated carbocycles. The summed E-state index contributed by atoms with van der Waals surface area (Å²) in [7, 11) is 0. The Hall–Kier alpha value is 0.310. The van der Waals surface area contributed by atoms with Crippen LogP contribution in [0, 0.1) is 5.92 Å². The van der Waals surface area contributed by atoms with Crippen molar-refractivity contribution in [3.8, 4) is 0 Å². The van der Waals surface area contributed by atoms with E-state index in [4.69, 9.17) is 5.11 Å². The van der Waals surface area contributed by atoms with Gasteiger partial charge in [-0.2, -0.15) is 11.8 Å². The molecule has 1 aliphatic carbocycles. The first-order valence-electron chi connectivity index (χ1n) is 10.1. The molecular formula is C20H40OS. The van der Waals surface area contributed by atoms with Gasteiger partial charge in [0.1, 0.15) is 0 Å². The van der Waals surface area contributed by atoms with Crippen LogP contribution in [0.15, 0.2) is 0 Å². The maximum absolute atomic E-state index is 8.70. The van der Waals surface area contributed by atoms with Crippen LogP contribution in [0.25, 0.3) is 0 Å². The van der Waals surface area contributed by atoms with Crippen molar-refractivity contribution in [1.82, 2.24) is 0 Å². The van der Waals surface area contributed by atoms with Gasteiger partial charge in [0.2, 0.25) is 0 Å². The second-order valence-electron chi connectivity index (χ2n) is 7.16. The summed E-state index contributed by atoms with van der Waals surface area (Å²) in [6.45, 7) is 0.355. The Balaban J connectivity index is 1.68. The van der Waals surface area contributed by atoms with Crippen molar-refractivity contribution < 1.29 is 5.11 Å². The Bertz CT molecular complexity index is 214. The van der Waals surface area contributed by atoms with Gasteiger partial charge in [0.15, 0.2) is 0 Å². The molecule has 1 rings (SSSR count). The predicted molar refractivity (Wildman–Crippen MR) is 102 cm³/mol. The summed E-state index contributed by atoms with van der Waals surface area (Å²) >= 11 is 2.01. The van der Waals surface area contributed by atoms with Crippen LogP contribution in [-0.4, -0.2) is 23.2 Å². The second kappa shape index (κ2) is 16.2. The van der Waals surface area contributed by atoms with Crippen LogP contribution in [0.2, 0.25) is 0 Å². The molecule has 1 N–H and O–H groups in total. The number of hydrogen-bond acceptors (Lipinski definition) is 2. The number of aliphatic hydroxyl groups is 1. The molecule has 1 aliphatic rings. The summed E-state index contributed by atoms with van der Waals surface area (Å²) in [6.07, 6.45) is 23.1. The molecule has 0 aromatic rings. The highest BCUT2D eigenvalue weighted by molar-refractivity contribution is 7.99. The molecular weight excluding hydrogens is 288 g/mol. The van der Waals surface area contributed by atoms with E-state index in [0.29, 0.717) is 6.61 Å². The summed E-state index contributed by atoms with van der Waals surface area (Å²) < 4.78 is 0. The minimum Gasteiger partial charge on any atom is -0.396 e. The van der Waals surface area contributed by atoms with Crippen LogP contribution in [0.1, 0.15) is 103 Å². The Morgan fingerprint density at radius 3 is 1.82 bits per heavy atom. The molecule has 0 aliphatic heterocycles. The lowest BCUT2D eigenvalue weighted by Crippen LogP contribution is -2.05. The van der Waals surface area contributed by atoms with Crippen LogP contribution >= 0.6 is 11.8 Å². The highest BCUT2D eigenvalue weighted by Crippen LogP contribution is 2.28. The third kappa shape index (κ3) is 12.8. The van der Waals surface area contributed by atoms with E-state index in [1.165, 1.54) is 102 Å². The maximum atomic E-state index is 8.70. The number of hydrogen-bond donors (Lipinski definition) is 1. The molecule has 0 unspecified atom stereocenters. The third-order valence-electron chi connectivity index (χ3n) is 5.07. The van der Waals surface area contributed by atoms with Crippen molar-refractivity contribution in [3.63, 3.8) is 0 Å². The van der Waals surface area contributed by atoms with Crippen LogP contribution in [0.4, 0.5) is 0 Å². The summed E-state index contributed by atoms with van der Waals surface area (Å²) in [5.74, 6) is 3.52. The van der Waals surface area contributed by atoms with Crippen molar-refractivity contribution >= 4 is 11.8 Å². The van der Waals surface area contributed by atoms with Gasteiger partial charge >= 0.3 is 0 Å². The Kier molecular flexibility index (Phi) is 15.0. The zero-order valence-corrected chi connectivity index (χ0v) is 15.7. The van der Waals surface area contributed by atoms with Gasteiger partial charge in [-0.1, -0.05) is 89.9 Å². The van der Waals surface area contributed by atoms with Gasteiger partial charge in [0.25, 0.3) is 0 Å². The van der Waals surface area contributed by atoms with Gasteiger partial charge in [-0.3, -0.25) is 0 Å². The number of unbranched alkanes of at least 4 members (excludes halogenated alkanes) is 8. The highest BCUT2D eigenvalue weighted by atomic mass is 32.2. The smallest absolute Gasteiger partial charge is 0.0438 e. The van der Waals surface area contributed by atoms with E-state index < -0.39 is 0 Å². The fourth-order valence-corrected chi connectivity index (χ4v) is 4.56. The zero-order chi connectivity index (χ0) is 15.7. The molecule has 0 amide bonds. The van der Waals surface area contributed by atoms with E-state index >= 15 is 0 Å². The first-order valence-corrected chi connectivity index (χ1v) is 11.3. The lowest BCUT2D eigenvalue weighted by Gasteiger charge is -2.21. The normalized spacial score (nSPS) is 16.2. The molecule has 0 saturated heterocycles. The highest BCUT2D eigenvalue weighted by Gasteiger charge is 2.12. The average Bonchev–Trinajstić information content (AvgIpc) is 2.56. The Labute approximate surface area is 144 Å². The average molecular weight is 329 g/mol. The molecule has 0 bridgehead atoms. The van der Waals surface area contributed by atoms with Gasteiger partial charge in [-0.05, 0) is 30.3 Å². The monoisotopic (exact) mass is 328 g/mol. The minimum atomic E-state index is 0.355. The van der Waals surface area contributed by atoms with E-state index in [1.54, 1.807) is 0 Å². The molecule has 1 nitrogen and oxygen atoms in total. The second-order valence-corrected chi connectivity index (χ2v) is 8.39. The minimum absolute atomic E-state index is 0.355. The summed E-state index contributed by atoms with van der Waals surface area (Å²) in [6, 6.07) is 0. The topological polar surface area (TPSA) is 20.2 Å². The van der Waals surface area contributed by atoms with Crippen molar-refractivity contribution in [3.05, 3.63) is 0 Å². The van der Waals surface area contributed by atoms with E-state index in [-0.39, 0.29) is 0 Å². The van der Waals surface area contributed by atoms with Crippen molar-refractivity contribution in [2.75, 3.05) is 18.1 Å². The Morgan fingerprint density at radius 1 is 0.636 bits per heavy atom. The van der Waals surface area contributed by atoms with E-state index in [2.05, 4.69) is 0 Å². The van der Waals surface area contributed by atoms with Crippen molar-refractivity contribution in [2.45, 2.75) is 103 Å². The molecule has 2 heteroatoms. The predicted octanol–water partition coefficient (Wildman–Crippen LogP) is 6.58.